The van der Waals surface area contributed by atoms with Crippen molar-refractivity contribution in [3.8, 4) is 5.75 Å². The van der Waals surface area contributed by atoms with E-state index in [0.717, 1.165) is 76.6 Å². The predicted molar refractivity (Wildman–Crippen MR) is 125 cm³/mol. The summed E-state index contributed by atoms with van der Waals surface area (Å²) >= 11 is 0. The third kappa shape index (κ3) is 5.16. The minimum Gasteiger partial charge on any atom is -0.489 e. The van der Waals surface area contributed by atoms with E-state index in [2.05, 4.69) is 46.9 Å². The van der Waals surface area contributed by atoms with Gasteiger partial charge in [-0.25, -0.2) is 4.98 Å². The lowest BCUT2D eigenvalue weighted by atomic mass is 9.66. The van der Waals surface area contributed by atoms with Crippen LogP contribution in [0.25, 0.3) is 0 Å². The highest BCUT2D eigenvalue weighted by Gasteiger charge is 2.37. The van der Waals surface area contributed by atoms with Crippen LogP contribution in [0.3, 0.4) is 0 Å². The van der Waals surface area contributed by atoms with Crippen molar-refractivity contribution in [2.75, 3.05) is 44.2 Å². The Balaban J connectivity index is 1.24. The van der Waals surface area contributed by atoms with Gasteiger partial charge in [-0.05, 0) is 49.5 Å². The maximum absolute atomic E-state index is 11.9. The van der Waals surface area contributed by atoms with Crippen LogP contribution in [-0.4, -0.2) is 61.2 Å². The van der Waals surface area contributed by atoms with E-state index < -0.39 is 0 Å². The maximum atomic E-state index is 11.9. The van der Waals surface area contributed by atoms with E-state index >= 15 is 0 Å². The van der Waals surface area contributed by atoms with Crippen LogP contribution in [0.15, 0.2) is 12.3 Å². The summed E-state index contributed by atoms with van der Waals surface area (Å²) < 4.78 is 5.87. The first-order chi connectivity index (χ1) is 15.0. The van der Waals surface area contributed by atoms with Crippen LogP contribution in [-0.2, 0) is 11.2 Å². The van der Waals surface area contributed by atoms with Gasteiger partial charge >= 0.3 is 0 Å². The van der Waals surface area contributed by atoms with Gasteiger partial charge in [-0.1, -0.05) is 20.8 Å². The Kier molecular flexibility index (Phi) is 7.05. The van der Waals surface area contributed by atoms with E-state index in [0.29, 0.717) is 23.8 Å². The summed E-state index contributed by atoms with van der Waals surface area (Å²) in [6, 6.07) is 2.47. The number of nitrogens with zero attached hydrogens (tertiary/aromatic N) is 3. The molecule has 172 valence electrons. The monoisotopic (exact) mass is 428 g/mol. The molecule has 2 fully saturated rings. The highest BCUT2D eigenvalue weighted by atomic mass is 16.5. The zero-order valence-corrected chi connectivity index (χ0v) is 19.7. The van der Waals surface area contributed by atoms with Crippen molar-refractivity contribution in [1.82, 2.24) is 15.2 Å². The first-order valence-corrected chi connectivity index (χ1v) is 12.4. The number of piperazine rings is 1. The Bertz CT molecular complexity index is 752. The molecule has 0 spiro atoms. The van der Waals surface area contributed by atoms with Gasteiger partial charge in [0.2, 0.25) is 5.91 Å². The van der Waals surface area contributed by atoms with Crippen molar-refractivity contribution in [2.45, 2.75) is 71.8 Å². The number of ether oxygens (including phenoxy) is 1. The number of pyridine rings is 1. The Morgan fingerprint density at radius 2 is 2.03 bits per heavy atom. The lowest BCUT2D eigenvalue weighted by Crippen LogP contribution is -2.50. The fraction of sp³-hybridized carbons (Fsp3) is 0.760. The third-order valence-electron chi connectivity index (χ3n) is 7.95. The molecule has 1 aliphatic carbocycles. The molecule has 1 unspecified atom stereocenters. The fourth-order valence-corrected chi connectivity index (χ4v) is 5.51. The molecular weight excluding hydrogens is 388 g/mol. The van der Waals surface area contributed by atoms with Crippen LogP contribution in [0.5, 0.6) is 5.75 Å². The second kappa shape index (κ2) is 9.76. The van der Waals surface area contributed by atoms with Crippen LogP contribution in [0.4, 0.5) is 5.82 Å². The van der Waals surface area contributed by atoms with E-state index in [1.165, 1.54) is 18.4 Å². The number of fused-ring (bicyclic) bond motifs is 1. The van der Waals surface area contributed by atoms with Gasteiger partial charge in [0, 0.05) is 63.4 Å². The van der Waals surface area contributed by atoms with Gasteiger partial charge in [-0.2, -0.15) is 0 Å². The van der Waals surface area contributed by atoms with Crippen LogP contribution in [0, 0.1) is 11.3 Å². The second-order valence-electron chi connectivity index (χ2n) is 10.2. The smallest absolute Gasteiger partial charge is 0.220 e. The van der Waals surface area contributed by atoms with Crippen LogP contribution >= 0.6 is 0 Å². The van der Waals surface area contributed by atoms with E-state index in [4.69, 9.17) is 4.74 Å². The molecule has 1 atom stereocenters. The summed E-state index contributed by atoms with van der Waals surface area (Å²) in [5.41, 5.74) is 1.68. The fourth-order valence-electron chi connectivity index (χ4n) is 5.51. The van der Waals surface area contributed by atoms with Crippen molar-refractivity contribution in [2.24, 2.45) is 11.3 Å². The summed E-state index contributed by atoms with van der Waals surface area (Å²) in [5.74, 6) is 2.94. The molecule has 1 saturated carbocycles. The van der Waals surface area contributed by atoms with Gasteiger partial charge < -0.3 is 15.0 Å². The Morgan fingerprint density at radius 3 is 2.74 bits per heavy atom. The molecule has 0 radical (unpaired) electrons. The maximum Gasteiger partial charge on any atom is 0.220 e. The topological polar surface area (TPSA) is 57.7 Å². The predicted octanol–water partition coefficient (Wildman–Crippen LogP) is 3.64. The molecule has 2 aliphatic heterocycles. The lowest BCUT2D eigenvalue weighted by molar-refractivity contribution is -0.122. The third-order valence-corrected chi connectivity index (χ3v) is 7.95. The molecule has 1 N–H and O–H groups in total. The van der Waals surface area contributed by atoms with Gasteiger partial charge in [0.05, 0.1) is 6.61 Å². The van der Waals surface area contributed by atoms with E-state index in [1.54, 1.807) is 0 Å². The highest BCUT2D eigenvalue weighted by Crippen LogP contribution is 2.43. The quantitative estimate of drug-likeness (QED) is 0.719. The van der Waals surface area contributed by atoms with Crippen molar-refractivity contribution in [3.63, 3.8) is 0 Å². The average Bonchev–Trinajstić information content (AvgIpc) is 3.25. The number of rotatable bonds is 7. The van der Waals surface area contributed by atoms with Gasteiger partial charge in [-0.15, -0.1) is 0 Å². The van der Waals surface area contributed by atoms with E-state index in [9.17, 15) is 4.79 Å². The Hall–Kier alpha value is -1.82. The first kappa shape index (κ1) is 22.4. The summed E-state index contributed by atoms with van der Waals surface area (Å²) in [6.07, 6.45) is 9.18. The molecule has 1 aromatic heterocycles. The molecule has 0 bridgehead atoms. The summed E-state index contributed by atoms with van der Waals surface area (Å²) in [5, 5.41) is 3.24. The van der Waals surface area contributed by atoms with Crippen molar-refractivity contribution < 1.29 is 9.53 Å². The molecule has 0 aromatic carbocycles. The number of hydrogen-bond acceptors (Lipinski definition) is 5. The van der Waals surface area contributed by atoms with Crippen LogP contribution < -0.4 is 15.0 Å². The first-order valence-electron chi connectivity index (χ1n) is 12.4. The number of carbonyl (C=O) groups is 1. The Labute approximate surface area is 187 Å². The summed E-state index contributed by atoms with van der Waals surface area (Å²) in [4.78, 5) is 21.6. The van der Waals surface area contributed by atoms with Crippen molar-refractivity contribution in [1.29, 1.82) is 0 Å². The summed E-state index contributed by atoms with van der Waals surface area (Å²) in [6.45, 7) is 13.1. The molecule has 3 aliphatic rings. The number of amides is 1. The largest absolute Gasteiger partial charge is 0.489 e. The summed E-state index contributed by atoms with van der Waals surface area (Å²) in [7, 11) is 0. The molecule has 6 heteroatoms. The van der Waals surface area contributed by atoms with Gasteiger partial charge in [0.15, 0.2) is 11.6 Å². The molecule has 1 saturated heterocycles. The minimum absolute atomic E-state index is 0.228. The molecule has 4 rings (SSSR count). The normalized spacial score (nSPS) is 27.5. The lowest BCUT2D eigenvalue weighted by Gasteiger charge is -2.45. The van der Waals surface area contributed by atoms with Crippen molar-refractivity contribution in [3.05, 3.63) is 17.8 Å². The number of aromatic nitrogens is 1. The number of anilines is 1. The molecule has 1 amide bonds. The zero-order valence-electron chi connectivity index (χ0n) is 19.7. The average molecular weight is 429 g/mol. The van der Waals surface area contributed by atoms with Crippen LogP contribution in [0.1, 0.15) is 64.9 Å². The highest BCUT2D eigenvalue weighted by molar-refractivity contribution is 5.76. The molecule has 3 heterocycles. The molecular formula is C25H40N4O2. The van der Waals surface area contributed by atoms with Crippen molar-refractivity contribution >= 4 is 11.7 Å². The van der Waals surface area contributed by atoms with E-state index in [-0.39, 0.29) is 5.91 Å². The van der Waals surface area contributed by atoms with Gasteiger partial charge in [-0.3, -0.25) is 9.69 Å². The standard InChI is InChI=1S/C25H40N4O2/c1-4-5-22(30)27-21-6-10-25(3,11-7-21)19(2)18-28-13-15-29(16-14-28)24-23-20(8-12-26-24)9-17-31-23/h8,12,19,21H,4-7,9-11,13-18H2,1-3H3,(H,27,30). The second-order valence-corrected chi connectivity index (χ2v) is 10.2. The Morgan fingerprint density at radius 1 is 1.29 bits per heavy atom. The molecule has 1 aromatic rings. The number of nitrogens with one attached hydrogen (secondary N) is 1. The van der Waals surface area contributed by atoms with E-state index in [1.807, 2.05) is 6.20 Å². The van der Waals surface area contributed by atoms with Crippen LogP contribution in [0.2, 0.25) is 0 Å². The number of hydrogen-bond donors (Lipinski definition) is 1. The molecule has 6 nitrogen and oxygen atoms in total. The van der Waals surface area contributed by atoms with Gasteiger partial charge in [0.1, 0.15) is 0 Å². The number of carbonyl (C=O) groups excluding carboxylic acids is 1. The van der Waals surface area contributed by atoms with Gasteiger partial charge in [0.25, 0.3) is 0 Å². The SMILES string of the molecule is CCCC(=O)NC1CCC(C)(C(C)CN2CCN(c3nccc4c3OCC4)CC2)CC1. The minimum atomic E-state index is 0.228. The molecule has 31 heavy (non-hydrogen) atoms. The zero-order chi connectivity index (χ0) is 21.8.